The Kier molecular flexibility index (Phi) is 5.57. The summed E-state index contributed by atoms with van der Waals surface area (Å²) in [5.74, 6) is -14.7. The van der Waals surface area contributed by atoms with Crippen LogP contribution in [-0.2, 0) is 0 Å². The zero-order valence-corrected chi connectivity index (χ0v) is 10.4. The monoisotopic (exact) mass is 306 g/mol. The predicted molar refractivity (Wildman–Crippen MR) is 49.5 cm³/mol. The maximum absolute atomic E-state index is 13.0. The smallest absolute Gasteiger partial charge is 0.245 e. The Morgan fingerprint density at radius 3 is 1.44 bits per heavy atom. The van der Waals surface area contributed by atoms with Crippen molar-refractivity contribution >= 4 is 8.80 Å². The normalized spacial score (nSPS) is 19.2. The van der Waals surface area contributed by atoms with Gasteiger partial charge in [-0.05, 0) is 0 Å². The molecule has 18 heavy (non-hydrogen) atoms. The van der Waals surface area contributed by atoms with Crippen LogP contribution in [0, 0.1) is 0 Å². The van der Waals surface area contributed by atoms with Crippen molar-refractivity contribution in [3.63, 3.8) is 0 Å². The van der Waals surface area contributed by atoms with Gasteiger partial charge in [0.15, 0.2) is 12.0 Å². The molecule has 0 aliphatic heterocycles. The van der Waals surface area contributed by atoms with Crippen molar-refractivity contribution in [3.05, 3.63) is 0 Å². The van der Waals surface area contributed by atoms with Gasteiger partial charge in [0.1, 0.15) is 0 Å². The Balaban J connectivity index is 5.23. The molecule has 0 radical (unpaired) electrons. The maximum Gasteiger partial charge on any atom is 0.346 e. The molecule has 0 heterocycles. The van der Waals surface area contributed by atoms with Crippen LogP contribution < -0.4 is 0 Å². The maximum atomic E-state index is 13.0. The van der Waals surface area contributed by atoms with Crippen molar-refractivity contribution in [2.75, 3.05) is 0 Å². The van der Waals surface area contributed by atoms with Crippen LogP contribution in [0.25, 0.3) is 0 Å². The van der Waals surface area contributed by atoms with Crippen molar-refractivity contribution in [1.82, 2.24) is 0 Å². The third-order valence-corrected chi connectivity index (χ3v) is 3.83. The van der Waals surface area contributed by atoms with Crippen LogP contribution in [0.3, 0.4) is 0 Å². The first kappa shape index (κ1) is 17.6. The van der Waals surface area contributed by atoms with E-state index in [1.165, 1.54) is 0 Å². The van der Waals surface area contributed by atoms with Gasteiger partial charge >= 0.3 is 11.8 Å². The lowest BCUT2D eigenvalue weighted by atomic mass is 10.0. The van der Waals surface area contributed by atoms with Crippen molar-refractivity contribution in [1.29, 1.82) is 0 Å². The Hall–Kier alpha value is -0.413. The summed E-state index contributed by atoms with van der Waals surface area (Å²) in [5.41, 5.74) is 0. The highest BCUT2D eigenvalue weighted by molar-refractivity contribution is 6.57. The average molecular weight is 306 g/mol. The molecule has 3 unspecified atom stereocenters. The first-order valence-corrected chi connectivity index (χ1v) is 7.81. The van der Waals surface area contributed by atoms with Crippen molar-refractivity contribution < 1.29 is 39.5 Å². The van der Waals surface area contributed by atoms with Gasteiger partial charge in [-0.2, -0.15) is 17.6 Å². The molecule has 0 spiro atoms. The molecule has 0 nitrogen and oxygen atoms in total. The third-order valence-electron chi connectivity index (χ3n) is 2.24. The van der Waals surface area contributed by atoms with Crippen molar-refractivity contribution in [2.24, 2.45) is 0 Å². The molecule has 0 fully saturated rings. The minimum atomic E-state index is -5.83. The Bertz CT molecular complexity index is 267. The van der Waals surface area contributed by atoms with Gasteiger partial charge < -0.3 is 0 Å². The Morgan fingerprint density at radius 2 is 1.17 bits per heavy atom. The quantitative estimate of drug-likeness (QED) is 0.520. The van der Waals surface area contributed by atoms with Crippen LogP contribution in [-0.4, -0.2) is 45.2 Å². The predicted octanol–water partition coefficient (Wildman–Crippen LogP) is 3.56. The second-order valence-electron chi connectivity index (χ2n) is 4.07. The van der Waals surface area contributed by atoms with E-state index in [2.05, 4.69) is 0 Å². The summed E-state index contributed by atoms with van der Waals surface area (Å²) in [7, 11) is -2.96. The zero-order valence-electron chi connectivity index (χ0n) is 9.29. The second kappa shape index (κ2) is 5.70. The van der Waals surface area contributed by atoms with Crippen LogP contribution in [0.2, 0.25) is 13.1 Å². The van der Waals surface area contributed by atoms with Crippen molar-refractivity contribution in [3.8, 4) is 0 Å². The summed E-state index contributed by atoms with van der Waals surface area (Å²) in [6.07, 6.45) is -12.8. The molecule has 0 aromatic carbocycles. The lowest BCUT2D eigenvalue weighted by molar-refractivity contribution is -0.266. The first-order valence-electron chi connectivity index (χ1n) is 4.83. The molecule has 0 amide bonds. The molecule has 0 saturated carbocycles. The summed E-state index contributed by atoms with van der Waals surface area (Å²) in [6.45, 7) is 1.89. The lowest BCUT2D eigenvalue weighted by Gasteiger charge is -2.33. The van der Waals surface area contributed by atoms with Gasteiger partial charge in [-0.3, -0.25) is 0 Å². The van der Waals surface area contributed by atoms with E-state index in [0.29, 0.717) is 0 Å². The van der Waals surface area contributed by atoms with E-state index in [1.807, 2.05) is 0 Å². The zero-order chi connectivity index (χ0) is 14.9. The SMILES string of the molecule is C[SiH](C)C(F)C(F)(F)C(F)(F)C(F)C(F)C(F)F. The van der Waals surface area contributed by atoms with Gasteiger partial charge in [0, 0.05) is 0 Å². The summed E-state index contributed by atoms with van der Waals surface area (Å²) < 4.78 is 113. The number of alkyl halides is 9. The van der Waals surface area contributed by atoms with Gasteiger partial charge in [0.25, 0.3) is 6.43 Å². The molecule has 110 valence electrons. The van der Waals surface area contributed by atoms with E-state index in [-0.39, 0.29) is 0 Å². The fourth-order valence-corrected chi connectivity index (χ4v) is 2.17. The standard InChI is InChI=1S/C8H11F9Si/c1-18(2)6(13)8(16,17)7(14,15)4(10)3(9)5(11)12/h3-6,18H,1-2H3. The van der Waals surface area contributed by atoms with E-state index in [0.717, 1.165) is 13.1 Å². The topological polar surface area (TPSA) is 0 Å². The molecule has 0 aliphatic rings. The van der Waals surface area contributed by atoms with Crippen LogP contribution >= 0.6 is 0 Å². The van der Waals surface area contributed by atoms with Crippen LogP contribution in [0.5, 0.6) is 0 Å². The van der Waals surface area contributed by atoms with Gasteiger partial charge in [-0.25, -0.2) is 22.0 Å². The van der Waals surface area contributed by atoms with E-state index in [4.69, 9.17) is 0 Å². The van der Waals surface area contributed by atoms with Crippen LogP contribution in [0.4, 0.5) is 39.5 Å². The Morgan fingerprint density at radius 1 is 0.778 bits per heavy atom. The molecular formula is C8H11F9Si. The minimum absolute atomic E-state index is 0.946. The Labute approximate surface area is 98.8 Å². The van der Waals surface area contributed by atoms with Crippen molar-refractivity contribution in [2.45, 2.75) is 49.5 Å². The fraction of sp³-hybridized carbons (Fsp3) is 1.00. The van der Waals surface area contributed by atoms with E-state index < -0.39 is 45.2 Å². The lowest BCUT2D eigenvalue weighted by Crippen LogP contribution is -2.59. The van der Waals surface area contributed by atoms with E-state index >= 15 is 0 Å². The highest BCUT2D eigenvalue weighted by atomic mass is 28.3. The molecule has 0 N–H and O–H groups in total. The minimum Gasteiger partial charge on any atom is -0.245 e. The molecule has 0 bridgehead atoms. The first-order chi connectivity index (χ1) is 7.87. The molecule has 10 heteroatoms. The van der Waals surface area contributed by atoms with Gasteiger partial charge in [0.2, 0.25) is 6.17 Å². The molecule has 0 aromatic rings. The van der Waals surface area contributed by atoms with Gasteiger partial charge in [-0.15, -0.1) is 0 Å². The number of hydrogen-bond donors (Lipinski definition) is 0. The van der Waals surface area contributed by atoms with E-state index in [1.54, 1.807) is 0 Å². The van der Waals surface area contributed by atoms with E-state index in [9.17, 15) is 39.5 Å². The number of rotatable bonds is 6. The molecule has 0 aromatic heterocycles. The fourth-order valence-electron chi connectivity index (χ4n) is 1.11. The highest BCUT2D eigenvalue weighted by Crippen LogP contribution is 2.44. The summed E-state index contributed by atoms with van der Waals surface area (Å²) in [6, 6.07) is 0. The second-order valence-corrected chi connectivity index (χ2v) is 7.15. The summed E-state index contributed by atoms with van der Waals surface area (Å²) >= 11 is 0. The third kappa shape index (κ3) is 3.12. The number of hydrogen-bond acceptors (Lipinski definition) is 0. The molecule has 0 saturated heterocycles. The largest absolute Gasteiger partial charge is 0.346 e. The molecule has 0 rings (SSSR count). The molecule has 3 atom stereocenters. The van der Waals surface area contributed by atoms with Gasteiger partial charge in [-0.1, -0.05) is 13.1 Å². The molecular weight excluding hydrogens is 295 g/mol. The number of halogens is 9. The highest BCUT2D eigenvalue weighted by Gasteiger charge is 2.69. The summed E-state index contributed by atoms with van der Waals surface area (Å²) in [5, 5.41) is 0. The average Bonchev–Trinajstić information content (AvgIpc) is 2.24. The van der Waals surface area contributed by atoms with Crippen LogP contribution in [0.15, 0.2) is 0 Å². The molecule has 0 aliphatic carbocycles. The van der Waals surface area contributed by atoms with Gasteiger partial charge in [0.05, 0.1) is 8.80 Å². The van der Waals surface area contributed by atoms with Crippen LogP contribution in [0.1, 0.15) is 0 Å². The summed E-state index contributed by atoms with van der Waals surface area (Å²) in [4.78, 5) is 0.